The Kier molecular flexibility index (Phi) is 37.3. The van der Waals surface area contributed by atoms with Crippen molar-refractivity contribution in [1.82, 2.24) is 76.8 Å². The molecule has 0 aliphatic rings. The van der Waals surface area contributed by atoms with Crippen molar-refractivity contribution in [2.45, 2.75) is 0 Å². The van der Waals surface area contributed by atoms with Gasteiger partial charge in [-0.25, -0.2) is 19.9 Å². The van der Waals surface area contributed by atoms with Gasteiger partial charge in [-0.2, -0.15) is 0 Å². The molecule has 0 bridgehead atoms. The van der Waals surface area contributed by atoms with E-state index in [0.29, 0.717) is 33.4 Å². The third-order valence-corrected chi connectivity index (χ3v) is 22.7. The summed E-state index contributed by atoms with van der Waals surface area (Å²) in [6, 6.07) is 112. The number of benzene rings is 15. The molecule has 0 aliphatic carbocycles. The second-order valence-corrected chi connectivity index (χ2v) is 29.0. The molecule has 15 aromatic carbocycles. The Balaban J connectivity index is 0.000000181. The summed E-state index contributed by atoms with van der Waals surface area (Å²) in [4.78, 5) is 48.7. The Morgan fingerprint density at radius 3 is 1.27 bits per heavy atom. The molecule has 28 rings (SSSR count). The molecule has 0 aliphatic heterocycles. The molecule has 644 valence electrons. The van der Waals surface area contributed by atoms with Crippen LogP contribution in [0.1, 0.15) is 0 Å². The van der Waals surface area contributed by atoms with Gasteiger partial charge >= 0.3 is 0 Å². The van der Waals surface area contributed by atoms with Crippen LogP contribution in [0.2, 0.25) is 0 Å². The molecule has 13 heterocycles. The van der Waals surface area contributed by atoms with Gasteiger partial charge in [-0.1, -0.05) is 229 Å². The van der Waals surface area contributed by atoms with Crippen LogP contribution in [0.15, 0.2) is 335 Å². The van der Waals surface area contributed by atoms with Gasteiger partial charge in [0.25, 0.3) is 0 Å². The largest absolute Gasteiger partial charge is 0.358 e. The quantitative estimate of drug-likeness (QED) is 0.0806. The van der Waals surface area contributed by atoms with Gasteiger partial charge in [0.15, 0.2) is 11.3 Å². The Morgan fingerprint density at radius 1 is 0.258 bits per heavy atom. The number of imidazole rings is 5. The number of fused-ring (bicyclic) bond motifs is 43. The van der Waals surface area contributed by atoms with Crippen molar-refractivity contribution in [1.29, 1.82) is 0 Å². The first-order valence-electron chi connectivity index (χ1n) is 38.4. The summed E-state index contributed by atoms with van der Waals surface area (Å²) in [7, 11) is 0. The van der Waals surface area contributed by atoms with E-state index < -0.39 is 0 Å². The zero-order chi connectivity index (χ0) is 76.8. The first-order chi connectivity index (χ1) is 58.1. The minimum atomic E-state index is 0. The number of aromatic nitrogens is 16. The summed E-state index contributed by atoms with van der Waals surface area (Å²) >= 11 is 0. The Bertz CT molecular complexity index is 9080. The minimum absolute atomic E-state index is 0. The molecule has 0 saturated heterocycles. The van der Waals surface area contributed by atoms with Crippen molar-refractivity contribution in [2.75, 3.05) is 0 Å². The molecule has 0 atom stereocenters. The molecule has 132 heavy (non-hydrogen) atoms. The standard InChI is InChI=1S/3C23H13N2.C19H11N2.C13H5N8.5CH3.5Ir.5Y/c1-2-8-16-15(7-1)13-14-18-22(16)17-9-3-5-11-20(17)25-21-12-6-4-10-19(21)24-23(18)25;1-2-8-16-14-22-19(13-15(16)7-1)17-9-3-4-10-18(17)23-24-20-11-5-6-12-21(20)25(22)23;1-2-6-16-12-18-14-22-21(13-17(18)11-15(16)5-1)19-7-3-4-8-20(19)23-24-9-10-25(22)23;1-2-6-14-13(5-1)9-10-16-18(14)15-7-3-4-8-17(15)21-12-11-20-19(16)21;1-2-17-13-11(16-1)20-12-7-3-14-5-18-9(7)10-8(21(12)13)4-15-6-19-10;;;;;;;;;;;;;;;/h1-13H;1-9,11-14H;1-7,9-14H;1-9,11-12H;1-2,4-6H;5*1H3;;;;;;;;;;/q10*-1;;;;;;;;;;. The zero-order valence-corrected chi connectivity index (χ0v) is 97.6. The molecule has 0 fully saturated rings. The van der Waals surface area contributed by atoms with Crippen LogP contribution in [-0.4, -0.2) is 76.8 Å². The summed E-state index contributed by atoms with van der Waals surface area (Å²) in [6.07, 6.45) is 18.6. The third kappa shape index (κ3) is 18.4. The van der Waals surface area contributed by atoms with E-state index in [9.17, 15) is 0 Å². The van der Waals surface area contributed by atoms with Crippen molar-refractivity contribution in [3.63, 3.8) is 0 Å². The first kappa shape index (κ1) is 108. The summed E-state index contributed by atoms with van der Waals surface area (Å²) in [5, 5.41) is 27.3. The van der Waals surface area contributed by atoms with E-state index in [1.165, 1.54) is 132 Å². The van der Waals surface area contributed by atoms with Crippen molar-refractivity contribution in [3.05, 3.63) is 403 Å². The second kappa shape index (κ2) is 45.6. The number of hydrogen-bond acceptors (Lipinski definition) is 11. The van der Waals surface area contributed by atoms with E-state index in [4.69, 9.17) is 9.97 Å². The number of pyridine rings is 5. The molecule has 0 N–H and O–H groups in total. The van der Waals surface area contributed by atoms with Gasteiger partial charge in [0.2, 0.25) is 0 Å². The molecule has 16 nitrogen and oxygen atoms in total. The fraction of sp³-hybridized carbons (Fsp3) is 0. The van der Waals surface area contributed by atoms with Gasteiger partial charge in [0.05, 0.1) is 67.5 Å². The minimum Gasteiger partial charge on any atom is -0.358 e. The van der Waals surface area contributed by atoms with Crippen LogP contribution in [0.25, 0.3) is 224 Å². The maximum atomic E-state index is 4.93. The van der Waals surface area contributed by atoms with Crippen molar-refractivity contribution in [2.24, 2.45) is 0 Å². The molecule has 26 heteroatoms. The molecule has 13 aromatic heterocycles. The average molecular weight is 2970 g/mol. The van der Waals surface area contributed by atoms with E-state index >= 15 is 0 Å². The molecular weight excluding hydrogens is 2900 g/mol. The predicted molar refractivity (Wildman–Crippen MR) is 504 cm³/mol. The maximum Gasteiger partial charge on any atom is 0.188 e. The van der Waals surface area contributed by atoms with E-state index in [-0.39, 0.29) is 301 Å². The van der Waals surface area contributed by atoms with Crippen molar-refractivity contribution >= 4 is 224 Å². The van der Waals surface area contributed by atoms with Crippen LogP contribution in [0.3, 0.4) is 0 Å². The van der Waals surface area contributed by atoms with Crippen molar-refractivity contribution in [3.8, 4) is 0 Å². The first-order valence-corrected chi connectivity index (χ1v) is 38.4. The predicted octanol–water partition coefficient (Wildman–Crippen LogP) is 25.0. The molecule has 0 spiro atoms. The summed E-state index contributed by atoms with van der Waals surface area (Å²) in [5.74, 6) is 0. The summed E-state index contributed by atoms with van der Waals surface area (Å²) in [5.41, 5.74) is 16.9. The van der Waals surface area contributed by atoms with Crippen LogP contribution in [0, 0.1) is 67.6 Å². The van der Waals surface area contributed by atoms with Gasteiger partial charge in [0.1, 0.15) is 6.33 Å². The van der Waals surface area contributed by atoms with Crippen LogP contribution in [0.5, 0.6) is 0 Å². The molecule has 0 amide bonds. The number of para-hydroxylation sites is 6. The van der Waals surface area contributed by atoms with Gasteiger partial charge in [-0.15, -0.1) is 83.6 Å². The van der Waals surface area contributed by atoms with Crippen LogP contribution >= 0.6 is 0 Å². The summed E-state index contributed by atoms with van der Waals surface area (Å²) < 4.78 is 10.7. The second-order valence-electron chi connectivity index (χ2n) is 29.0. The number of nitrogens with zero attached hydrogens (tertiary/aromatic N) is 16. The average Bonchev–Trinajstić information content (AvgIpc) is 1.61. The van der Waals surface area contributed by atoms with E-state index in [2.05, 4.69) is 342 Å². The zero-order valence-electron chi connectivity index (χ0n) is 71.5. The van der Waals surface area contributed by atoms with Gasteiger partial charge in [0, 0.05) is 335 Å². The van der Waals surface area contributed by atoms with Crippen LogP contribution < -0.4 is 0 Å². The molecular formula is C106H70Ir5N16Y5-10. The monoisotopic (exact) mass is 2980 g/mol. The Morgan fingerprint density at radius 2 is 0.667 bits per heavy atom. The maximum absolute atomic E-state index is 4.93. The molecule has 0 unspecified atom stereocenters. The van der Waals surface area contributed by atoms with Crippen LogP contribution in [-0.2, 0) is 264 Å². The Hall–Kier alpha value is -7.56. The van der Waals surface area contributed by atoms with Crippen LogP contribution in [0.4, 0.5) is 0 Å². The fourth-order valence-corrected chi connectivity index (χ4v) is 17.6. The van der Waals surface area contributed by atoms with Gasteiger partial charge < -0.3 is 69.1 Å². The number of rotatable bonds is 0. The van der Waals surface area contributed by atoms with E-state index in [1.807, 2.05) is 59.5 Å². The molecule has 10 radical (unpaired) electrons. The topological polar surface area (TPSA) is 164 Å². The smallest absolute Gasteiger partial charge is 0.188 e. The van der Waals surface area contributed by atoms with Crippen molar-refractivity contribution < 1.29 is 264 Å². The normalized spacial score (nSPS) is 10.6. The third-order valence-electron chi connectivity index (χ3n) is 22.7. The van der Waals surface area contributed by atoms with Gasteiger partial charge in [-0.05, 0) is 121 Å². The van der Waals surface area contributed by atoms with E-state index in [1.54, 1.807) is 18.6 Å². The van der Waals surface area contributed by atoms with E-state index in [0.717, 1.165) is 71.7 Å². The molecule has 28 aromatic rings. The molecule has 0 saturated carbocycles. The summed E-state index contributed by atoms with van der Waals surface area (Å²) in [6.45, 7) is 0. The SMILES string of the molecule is [CH3-].[CH3-].[CH3-].[CH3-].[CH3-].[Ir].[Ir].[Ir].[Ir].[Ir].[Y].[Y].[Y].[Y].[Y].[c-]1cc2ccccc2c2c1c1nc3ccccc3n1c1ccccc21.[c-]1cc2ccccc2c2c1c1nccn1c1ccccc21.[c-]1cccc2c1c1nc3ccccc3n1c1cc3ccccc3cc21.[c-]1cccc2c1c1nccn1c1cc3cc4ccccc4cc3cc21.[c-]1ncnc2c1c1nc3nccnc3n1c1cncnc21. The number of hydrogen-bond donors (Lipinski definition) is 0. The van der Waals surface area contributed by atoms with Gasteiger partial charge in [-0.3, -0.25) is 24.9 Å². The fourth-order valence-electron chi connectivity index (χ4n) is 17.6. The Labute approximate surface area is 953 Å².